The van der Waals surface area contributed by atoms with Gasteiger partial charge in [0, 0.05) is 28.5 Å². The molecule has 0 radical (unpaired) electrons. The van der Waals surface area contributed by atoms with Crippen LogP contribution in [0, 0.1) is 21.0 Å². The van der Waals surface area contributed by atoms with Gasteiger partial charge in [-0.05, 0) is 94.4 Å². The van der Waals surface area contributed by atoms with Crippen molar-refractivity contribution in [3.05, 3.63) is 65.8 Å². The van der Waals surface area contributed by atoms with Crippen LogP contribution in [0.3, 0.4) is 0 Å². The zero-order valence-corrected chi connectivity index (χ0v) is 21.1. The molecule has 2 aromatic rings. The molecule has 0 heterocycles. The van der Waals surface area contributed by atoms with Gasteiger partial charge in [0.15, 0.2) is 0 Å². The maximum Gasteiger partial charge on any atom is 0.338 e. The third-order valence-corrected chi connectivity index (χ3v) is 5.51. The van der Waals surface area contributed by atoms with Gasteiger partial charge < -0.3 is 9.84 Å². The average molecular weight is 657 g/mol. The Morgan fingerprint density at radius 3 is 1.67 bits per heavy atom. The molecular formula is C17H16Cl2I2O5S. The molecule has 0 spiro atoms. The van der Waals surface area contributed by atoms with Gasteiger partial charge in [0.25, 0.3) is 0 Å². The van der Waals surface area contributed by atoms with Crippen LogP contribution in [0.5, 0.6) is 0 Å². The summed E-state index contributed by atoms with van der Waals surface area (Å²) in [6.45, 7) is 3.72. The van der Waals surface area contributed by atoms with Crippen LogP contribution in [0.25, 0.3) is 0 Å². The number of halogens is 4. The number of benzene rings is 2. The van der Waals surface area contributed by atoms with E-state index >= 15 is 0 Å². The van der Waals surface area contributed by atoms with Crippen LogP contribution in [0.1, 0.15) is 31.8 Å². The molecule has 2 rings (SSSR count). The predicted molar refractivity (Wildman–Crippen MR) is 126 cm³/mol. The van der Waals surface area contributed by atoms with Crippen molar-refractivity contribution in [3.8, 4) is 0 Å². The highest BCUT2D eigenvalue weighted by atomic mass is 127. The fraction of sp³-hybridized carbons (Fsp3) is 0.176. The van der Waals surface area contributed by atoms with Gasteiger partial charge in [0.05, 0.1) is 18.2 Å². The summed E-state index contributed by atoms with van der Waals surface area (Å²) in [7, 11) is 8.75. The summed E-state index contributed by atoms with van der Waals surface area (Å²) < 4.78 is 15.8. The SMILES string of the molecule is COC(=O)c1cccc(I)c1C.Cc1c(I)cccc1C(=O)O.O=S(Cl)Cl. The standard InChI is InChI=1S/C9H9IO2.C8H7IO2.Cl2OS/c1-6-7(9(11)12-2)4-3-5-8(6)10;1-5-6(8(10)11)3-2-4-7(5)9;1-4(2)3/h3-5H,1-2H3;2-4H,1H3,(H,10,11);. The zero-order chi connectivity index (χ0) is 21.1. The van der Waals surface area contributed by atoms with Crippen molar-refractivity contribution in [2.45, 2.75) is 13.8 Å². The zero-order valence-electron chi connectivity index (χ0n) is 14.5. The summed E-state index contributed by atoms with van der Waals surface area (Å²) >= 11 is 4.31. The summed E-state index contributed by atoms with van der Waals surface area (Å²) in [6, 6.07) is 10.8. The first-order valence-corrected chi connectivity index (χ1v) is 12.0. The molecule has 0 saturated carbocycles. The van der Waals surface area contributed by atoms with E-state index in [9.17, 15) is 9.59 Å². The number of carbonyl (C=O) groups excluding carboxylic acids is 1. The number of methoxy groups -OCH3 is 1. The van der Waals surface area contributed by atoms with Gasteiger partial charge >= 0.3 is 11.9 Å². The number of hydrogen-bond acceptors (Lipinski definition) is 4. The predicted octanol–water partition coefficient (Wildman–Crippen LogP) is 5.73. The topological polar surface area (TPSA) is 80.7 Å². The Hall–Kier alpha value is -0.430. The molecule has 0 saturated heterocycles. The van der Waals surface area contributed by atoms with Crippen molar-refractivity contribution in [3.63, 3.8) is 0 Å². The highest BCUT2D eigenvalue weighted by molar-refractivity contribution is 14.1. The van der Waals surface area contributed by atoms with Crippen molar-refractivity contribution in [1.29, 1.82) is 0 Å². The van der Waals surface area contributed by atoms with Crippen molar-refractivity contribution in [2.24, 2.45) is 0 Å². The Labute approximate surface area is 196 Å². The number of rotatable bonds is 2. The number of carboxylic acid groups (broad SMARTS) is 1. The van der Waals surface area contributed by atoms with Crippen LogP contribution in [0.2, 0.25) is 0 Å². The molecule has 148 valence electrons. The molecule has 0 aliphatic heterocycles. The van der Waals surface area contributed by atoms with Crippen molar-refractivity contribution in [2.75, 3.05) is 7.11 Å². The second kappa shape index (κ2) is 13.7. The minimum absolute atomic E-state index is 0.272. The monoisotopic (exact) mass is 656 g/mol. The number of carbonyl (C=O) groups is 2. The van der Waals surface area contributed by atoms with Gasteiger partial charge in [-0.2, -0.15) is 0 Å². The number of esters is 1. The number of carboxylic acids is 1. The van der Waals surface area contributed by atoms with Crippen LogP contribution in [0.15, 0.2) is 36.4 Å². The Morgan fingerprint density at radius 2 is 1.33 bits per heavy atom. The Morgan fingerprint density at radius 1 is 0.963 bits per heavy atom. The van der Waals surface area contributed by atoms with Crippen LogP contribution in [-0.4, -0.2) is 28.4 Å². The van der Waals surface area contributed by atoms with Gasteiger partial charge in [-0.15, -0.1) is 0 Å². The Bertz CT molecular complexity index is 827. The molecule has 27 heavy (non-hydrogen) atoms. The first-order valence-electron chi connectivity index (χ1n) is 7.09. The number of hydrogen-bond donors (Lipinski definition) is 1. The minimum atomic E-state index is -1.67. The van der Waals surface area contributed by atoms with E-state index in [-0.39, 0.29) is 5.97 Å². The van der Waals surface area contributed by atoms with Crippen LogP contribution < -0.4 is 0 Å². The second-order valence-electron chi connectivity index (χ2n) is 4.81. The lowest BCUT2D eigenvalue weighted by Gasteiger charge is -2.04. The minimum Gasteiger partial charge on any atom is -0.478 e. The first kappa shape index (κ1) is 26.6. The summed E-state index contributed by atoms with van der Waals surface area (Å²) in [5, 5.41) is 8.69. The van der Waals surface area contributed by atoms with Crippen molar-refractivity contribution >= 4 is 87.7 Å². The molecule has 1 N–H and O–H groups in total. The van der Waals surface area contributed by atoms with E-state index in [1.54, 1.807) is 18.2 Å². The number of aromatic carboxylic acids is 1. The van der Waals surface area contributed by atoms with Crippen LogP contribution in [-0.2, 0) is 14.0 Å². The van der Waals surface area contributed by atoms with E-state index in [2.05, 4.69) is 71.3 Å². The van der Waals surface area contributed by atoms with Gasteiger partial charge in [0.2, 0.25) is 9.23 Å². The third-order valence-electron chi connectivity index (χ3n) is 3.17. The summed E-state index contributed by atoms with van der Waals surface area (Å²) in [6.07, 6.45) is 0. The Balaban J connectivity index is 0.000000421. The fourth-order valence-corrected chi connectivity index (χ4v) is 2.77. The van der Waals surface area contributed by atoms with Gasteiger partial charge in [-0.1, -0.05) is 12.1 Å². The largest absolute Gasteiger partial charge is 0.478 e. The van der Waals surface area contributed by atoms with Crippen LogP contribution in [0.4, 0.5) is 0 Å². The van der Waals surface area contributed by atoms with Crippen molar-refractivity contribution < 1.29 is 23.6 Å². The van der Waals surface area contributed by atoms with E-state index in [0.29, 0.717) is 11.1 Å². The lowest BCUT2D eigenvalue weighted by atomic mass is 10.1. The maximum absolute atomic E-state index is 11.2. The molecule has 10 heteroatoms. The lowest BCUT2D eigenvalue weighted by molar-refractivity contribution is 0.0599. The normalized spacial score (nSPS) is 9.48. The van der Waals surface area contributed by atoms with E-state index in [4.69, 9.17) is 9.32 Å². The van der Waals surface area contributed by atoms with E-state index in [1.165, 1.54) is 7.11 Å². The molecule has 5 nitrogen and oxygen atoms in total. The van der Waals surface area contributed by atoms with E-state index in [1.807, 2.05) is 32.0 Å². The molecule has 2 aromatic carbocycles. The van der Waals surface area contributed by atoms with Crippen LogP contribution >= 0.6 is 66.5 Å². The summed E-state index contributed by atoms with van der Waals surface area (Å²) in [5.41, 5.74) is 2.84. The van der Waals surface area contributed by atoms with Gasteiger partial charge in [-0.25, -0.2) is 13.8 Å². The molecule has 0 aliphatic rings. The average Bonchev–Trinajstić information content (AvgIpc) is 2.59. The first-order chi connectivity index (χ1) is 12.5. The molecule has 0 aromatic heterocycles. The highest BCUT2D eigenvalue weighted by Crippen LogP contribution is 2.16. The molecule has 0 fully saturated rings. The smallest absolute Gasteiger partial charge is 0.338 e. The maximum atomic E-state index is 11.2. The summed E-state index contributed by atoms with van der Waals surface area (Å²) in [4.78, 5) is 21.7. The molecule has 0 unspecified atom stereocenters. The molecule has 0 amide bonds. The van der Waals surface area contributed by atoms with E-state index in [0.717, 1.165) is 18.3 Å². The third kappa shape index (κ3) is 10.1. The quantitative estimate of drug-likeness (QED) is 0.254. The molecular weight excluding hydrogens is 641 g/mol. The van der Waals surface area contributed by atoms with E-state index < -0.39 is 15.2 Å². The lowest BCUT2D eigenvalue weighted by Crippen LogP contribution is -2.04. The molecule has 0 atom stereocenters. The fourth-order valence-electron chi connectivity index (χ4n) is 1.78. The Kier molecular flexibility index (Phi) is 13.5. The van der Waals surface area contributed by atoms with Gasteiger partial charge in [-0.3, -0.25) is 0 Å². The molecule has 0 aliphatic carbocycles. The number of ether oxygens (including phenoxy) is 1. The summed E-state index contributed by atoms with van der Waals surface area (Å²) in [5.74, 6) is -1.13. The highest BCUT2D eigenvalue weighted by Gasteiger charge is 2.09. The van der Waals surface area contributed by atoms with Crippen molar-refractivity contribution in [1.82, 2.24) is 0 Å². The van der Waals surface area contributed by atoms with Gasteiger partial charge in [0.1, 0.15) is 0 Å². The molecule has 0 bridgehead atoms. The second-order valence-corrected chi connectivity index (χ2v) is 9.65.